The number of furan rings is 1. The average molecular weight is 239 g/mol. The zero-order chi connectivity index (χ0) is 13.0. The third-order valence-electron chi connectivity index (χ3n) is 2.51. The number of carbonyl (C=O) groups is 2. The molecule has 5 heteroatoms. The minimum Gasteiger partial charge on any atom is -0.481 e. The van der Waals surface area contributed by atoms with Crippen LogP contribution in [0.1, 0.15) is 36.4 Å². The molecule has 1 heterocycles. The monoisotopic (exact) mass is 239 g/mol. The molecule has 5 nitrogen and oxygen atoms in total. The smallest absolute Gasteiger partial charge is 0.305 e. The van der Waals surface area contributed by atoms with Crippen molar-refractivity contribution in [3.05, 3.63) is 23.7 Å². The van der Waals surface area contributed by atoms with Gasteiger partial charge in [0.25, 0.3) is 5.91 Å². The van der Waals surface area contributed by atoms with Crippen molar-refractivity contribution in [3.8, 4) is 0 Å². The molecular formula is C12H17NO4. The fourth-order valence-corrected chi connectivity index (χ4v) is 1.53. The first kappa shape index (κ1) is 13.3. The summed E-state index contributed by atoms with van der Waals surface area (Å²) in [5.74, 6) is -0.896. The zero-order valence-corrected chi connectivity index (χ0v) is 10.3. The van der Waals surface area contributed by atoms with Gasteiger partial charge in [-0.1, -0.05) is 0 Å². The molecule has 94 valence electrons. The molecule has 0 radical (unpaired) electrons. The Balaban J connectivity index is 2.81. The third-order valence-corrected chi connectivity index (χ3v) is 2.51. The Hall–Kier alpha value is -1.78. The molecule has 17 heavy (non-hydrogen) atoms. The van der Waals surface area contributed by atoms with E-state index in [1.165, 1.54) is 11.2 Å². The van der Waals surface area contributed by atoms with Gasteiger partial charge in [-0.25, -0.2) is 0 Å². The fraction of sp³-hybridized carbons (Fsp3) is 0.500. The number of hydrogen-bond donors (Lipinski definition) is 1. The van der Waals surface area contributed by atoms with Crippen molar-refractivity contribution >= 4 is 11.9 Å². The Morgan fingerprint density at radius 2 is 2.12 bits per heavy atom. The van der Waals surface area contributed by atoms with Gasteiger partial charge in [0.2, 0.25) is 0 Å². The largest absolute Gasteiger partial charge is 0.481 e. The first-order chi connectivity index (χ1) is 7.93. The summed E-state index contributed by atoms with van der Waals surface area (Å²) in [6.07, 6.45) is 1.39. The molecule has 0 bridgehead atoms. The number of rotatable bonds is 5. The standard InChI is InChI=1S/C12H17NO4/c1-8(2)13(6-4-10(14)15)12(16)11-9(3)5-7-17-11/h5,7-8H,4,6H2,1-3H3,(H,14,15). The predicted molar refractivity (Wildman–Crippen MR) is 61.9 cm³/mol. The number of amides is 1. The lowest BCUT2D eigenvalue weighted by molar-refractivity contribution is -0.137. The van der Waals surface area contributed by atoms with Gasteiger partial charge in [0.1, 0.15) is 0 Å². The van der Waals surface area contributed by atoms with Crippen LogP contribution in [0.25, 0.3) is 0 Å². The van der Waals surface area contributed by atoms with Gasteiger partial charge >= 0.3 is 5.97 Å². The van der Waals surface area contributed by atoms with Crippen molar-refractivity contribution < 1.29 is 19.1 Å². The van der Waals surface area contributed by atoms with Crippen molar-refractivity contribution in [1.29, 1.82) is 0 Å². The highest BCUT2D eigenvalue weighted by Gasteiger charge is 2.23. The van der Waals surface area contributed by atoms with E-state index in [1.54, 1.807) is 13.0 Å². The van der Waals surface area contributed by atoms with E-state index in [4.69, 9.17) is 9.52 Å². The summed E-state index contributed by atoms with van der Waals surface area (Å²) >= 11 is 0. The number of aliphatic carboxylic acids is 1. The molecule has 0 saturated carbocycles. The summed E-state index contributed by atoms with van der Waals surface area (Å²) in [4.78, 5) is 24.2. The van der Waals surface area contributed by atoms with Crippen LogP contribution >= 0.6 is 0 Å². The first-order valence-electron chi connectivity index (χ1n) is 5.50. The SMILES string of the molecule is Cc1ccoc1C(=O)N(CCC(=O)O)C(C)C. The Labute approximate surface area is 100 Å². The molecule has 1 aromatic rings. The summed E-state index contributed by atoms with van der Waals surface area (Å²) in [6, 6.07) is 1.65. The highest BCUT2D eigenvalue weighted by Crippen LogP contribution is 2.14. The van der Waals surface area contributed by atoms with Crippen LogP contribution < -0.4 is 0 Å². The van der Waals surface area contributed by atoms with Crippen molar-refractivity contribution in [2.24, 2.45) is 0 Å². The van der Waals surface area contributed by atoms with Crippen molar-refractivity contribution in [3.63, 3.8) is 0 Å². The summed E-state index contributed by atoms with van der Waals surface area (Å²) in [5, 5.41) is 8.65. The zero-order valence-electron chi connectivity index (χ0n) is 10.3. The van der Waals surface area contributed by atoms with E-state index < -0.39 is 5.97 Å². The molecule has 0 aromatic carbocycles. The highest BCUT2D eigenvalue weighted by molar-refractivity contribution is 5.93. The Morgan fingerprint density at radius 1 is 1.47 bits per heavy atom. The number of carboxylic acids is 1. The van der Waals surface area contributed by atoms with Crippen LogP contribution in [0, 0.1) is 6.92 Å². The Kier molecular flexibility index (Phi) is 4.31. The second-order valence-corrected chi connectivity index (χ2v) is 4.17. The normalized spacial score (nSPS) is 10.6. The molecule has 0 spiro atoms. The van der Waals surface area contributed by atoms with Gasteiger partial charge in [0.05, 0.1) is 12.7 Å². The summed E-state index contributed by atoms with van der Waals surface area (Å²) in [6.45, 7) is 5.66. The summed E-state index contributed by atoms with van der Waals surface area (Å²) in [5.41, 5.74) is 0.760. The molecule has 0 saturated heterocycles. The third kappa shape index (κ3) is 3.34. The van der Waals surface area contributed by atoms with E-state index in [9.17, 15) is 9.59 Å². The molecule has 0 aliphatic rings. The molecule has 1 aromatic heterocycles. The van der Waals surface area contributed by atoms with E-state index in [2.05, 4.69) is 0 Å². The maximum atomic E-state index is 12.1. The van der Waals surface area contributed by atoms with Crippen LogP contribution in [-0.2, 0) is 4.79 Å². The lowest BCUT2D eigenvalue weighted by Crippen LogP contribution is -2.38. The van der Waals surface area contributed by atoms with Gasteiger partial charge in [-0.05, 0) is 26.8 Å². The number of aryl methyl sites for hydroxylation is 1. The minimum absolute atomic E-state index is 0.0636. The van der Waals surface area contributed by atoms with E-state index in [0.29, 0.717) is 0 Å². The Morgan fingerprint density at radius 3 is 2.53 bits per heavy atom. The van der Waals surface area contributed by atoms with Gasteiger partial charge in [0, 0.05) is 18.2 Å². The second kappa shape index (κ2) is 5.52. The van der Waals surface area contributed by atoms with Gasteiger partial charge in [-0.3, -0.25) is 9.59 Å². The lowest BCUT2D eigenvalue weighted by Gasteiger charge is -2.25. The molecular weight excluding hydrogens is 222 g/mol. The van der Waals surface area contributed by atoms with Crippen molar-refractivity contribution in [2.45, 2.75) is 33.2 Å². The number of nitrogens with zero attached hydrogens (tertiary/aromatic N) is 1. The first-order valence-corrected chi connectivity index (χ1v) is 5.50. The molecule has 1 amide bonds. The highest BCUT2D eigenvalue weighted by atomic mass is 16.4. The van der Waals surface area contributed by atoms with E-state index in [-0.39, 0.29) is 30.7 Å². The van der Waals surface area contributed by atoms with Gasteiger partial charge < -0.3 is 14.4 Å². The van der Waals surface area contributed by atoms with E-state index in [0.717, 1.165) is 5.56 Å². The van der Waals surface area contributed by atoms with Gasteiger partial charge in [-0.15, -0.1) is 0 Å². The van der Waals surface area contributed by atoms with Crippen LogP contribution in [0.4, 0.5) is 0 Å². The van der Waals surface area contributed by atoms with Gasteiger partial charge in [-0.2, -0.15) is 0 Å². The average Bonchev–Trinajstić information content (AvgIpc) is 2.63. The van der Waals surface area contributed by atoms with Gasteiger partial charge in [0.15, 0.2) is 5.76 Å². The fourth-order valence-electron chi connectivity index (χ4n) is 1.53. The molecule has 0 atom stereocenters. The van der Waals surface area contributed by atoms with Crippen LogP contribution in [0.3, 0.4) is 0 Å². The van der Waals surface area contributed by atoms with E-state index >= 15 is 0 Å². The number of carbonyl (C=O) groups excluding carboxylic acids is 1. The quantitative estimate of drug-likeness (QED) is 0.852. The maximum absolute atomic E-state index is 12.1. The second-order valence-electron chi connectivity index (χ2n) is 4.17. The molecule has 0 aliphatic heterocycles. The summed E-state index contributed by atoms with van der Waals surface area (Å²) < 4.78 is 5.13. The van der Waals surface area contributed by atoms with Crippen molar-refractivity contribution in [2.75, 3.05) is 6.54 Å². The minimum atomic E-state index is -0.917. The topological polar surface area (TPSA) is 70.8 Å². The predicted octanol–water partition coefficient (Wildman–Crippen LogP) is 1.91. The molecule has 1 N–H and O–H groups in total. The molecule has 0 unspecified atom stereocenters. The van der Waals surface area contributed by atoms with Crippen LogP contribution in [-0.4, -0.2) is 34.5 Å². The van der Waals surface area contributed by atoms with E-state index in [1.807, 2.05) is 13.8 Å². The molecule has 1 rings (SSSR count). The number of hydrogen-bond acceptors (Lipinski definition) is 3. The van der Waals surface area contributed by atoms with Crippen LogP contribution in [0.5, 0.6) is 0 Å². The van der Waals surface area contributed by atoms with Crippen LogP contribution in [0.15, 0.2) is 16.7 Å². The van der Waals surface area contributed by atoms with Crippen LogP contribution in [0.2, 0.25) is 0 Å². The Bertz CT molecular complexity index is 408. The lowest BCUT2D eigenvalue weighted by atomic mass is 10.2. The summed E-state index contributed by atoms with van der Waals surface area (Å²) in [7, 11) is 0. The number of carboxylic acid groups (broad SMARTS) is 1. The maximum Gasteiger partial charge on any atom is 0.305 e. The molecule has 0 aliphatic carbocycles. The van der Waals surface area contributed by atoms with Crippen molar-refractivity contribution in [1.82, 2.24) is 4.90 Å². The molecule has 0 fully saturated rings.